The van der Waals surface area contributed by atoms with Gasteiger partial charge in [0.1, 0.15) is 11.6 Å². The molecule has 3 nitrogen and oxygen atoms in total. The third-order valence-corrected chi connectivity index (χ3v) is 3.04. The molecular weight excluding hydrogens is 255 g/mol. The largest absolute Gasteiger partial charge is 0.444 e. The smallest absolute Gasteiger partial charge is 0.208 e. The molecule has 0 saturated carbocycles. The lowest BCUT2D eigenvalue weighted by molar-refractivity contribution is 0.269. The predicted molar refractivity (Wildman–Crippen MR) is 76.8 cm³/mol. The second-order valence-corrected chi connectivity index (χ2v) is 6.17. The van der Waals surface area contributed by atoms with Crippen LogP contribution in [0.2, 0.25) is 0 Å². The number of oxazole rings is 1. The van der Waals surface area contributed by atoms with Gasteiger partial charge in [0.05, 0.1) is 12.7 Å². The van der Waals surface area contributed by atoms with Gasteiger partial charge in [0.15, 0.2) is 0 Å². The molecule has 20 heavy (non-hydrogen) atoms. The van der Waals surface area contributed by atoms with Crippen molar-refractivity contribution in [2.24, 2.45) is 0 Å². The van der Waals surface area contributed by atoms with Crippen LogP contribution in [0.15, 0.2) is 34.9 Å². The van der Waals surface area contributed by atoms with E-state index in [1.807, 2.05) is 18.0 Å². The average Bonchev–Trinajstić information content (AvgIpc) is 2.76. The highest BCUT2D eigenvalue weighted by Crippen LogP contribution is 2.23. The van der Waals surface area contributed by atoms with E-state index in [1.54, 1.807) is 18.3 Å². The van der Waals surface area contributed by atoms with E-state index in [4.69, 9.17) is 4.42 Å². The van der Waals surface area contributed by atoms with Crippen molar-refractivity contribution in [1.29, 1.82) is 0 Å². The summed E-state index contributed by atoms with van der Waals surface area (Å²) < 4.78 is 18.9. The molecule has 1 aromatic heterocycles. The predicted octanol–water partition coefficient (Wildman–Crippen LogP) is 3.74. The van der Waals surface area contributed by atoms with E-state index in [-0.39, 0.29) is 11.2 Å². The minimum absolute atomic E-state index is 0.0353. The van der Waals surface area contributed by atoms with E-state index in [0.29, 0.717) is 19.0 Å². The minimum Gasteiger partial charge on any atom is -0.444 e. The molecule has 0 unspecified atom stereocenters. The monoisotopic (exact) mass is 276 g/mol. The summed E-state index contributed by atoms with van der Waals surface area (Å²) in [6, 6.07) is 6.64. The fraction of sp³-hybridized carbons (Fsp3) is 0.438. The van der Waals surface area contributed by atoms with Crippen LogP contribution in [0.5, 0.6) is 0 Å². The van der Waals surface area contributed by atoms with Gasteiger partial charge in [0, 0.05) is 12.0 Å². The van der Waals surface area contributed by atoms with Gasteiger partial charge in [-0.25, -0.2) is 9.37 Å². The maximum atomic E-state index is 13.1. The number of nitrogens with zero attached hydrogens (tertiary/aromatic N) is 2. The van der Waals surface area contributed by atoms with Crippen LogP contribution in [0, 0.1) is 5.82 Å². The van der Waals surface area contributed by atoms with Crippen LogP contribution < -0.4 is 0 Å². The molecule has 0 fully saturated rings. The molecular formula is C16H21FN2O. The second-order valence-electron chi connectivity index (χ2n) is 6.17. The zero-order valence-electron chi connectivity index (χ0n) is 12.5. The first-order valence-corrected chi connectivity index (χ1v) is 6.73. The van der Waals surface area contributed by atoms with Crippen LogP contribution in [0.25, 0.3) is 0 Å². The van der Waals surface area contributed by atoms with Gasteiger partial charge in [-0.15, -0.1) is 0 Å². The zero-order chi connectivity index (χ0) is 14.8. The van der Waals surface area contributed by atoms with Crippen LogP contribution in [0.1, 0.15) is 38.0 Å². The molecule has 0 saturated heterocycles. The van der Waals surface area contributed by atoms with Gasteiger partial charge in [-0.05, 0) is 24.7 Å². The van der Waals surface area contributed by atoms with Gasteiger partial charge in [-0.3, -0.25) is 4.90 Å². The summed E-state index contributed by atoms with van der Waals surface area (Å²) in [5.41, 5.74) is 0.905. The Bertz CT molecular complexity index is 572. The van der Waals surface area contributed by atoms with E-state index in [9.17, 15) is 4.39 Å². The Morgan fingerprint density at radius 1 is 1.25 bits per heavy atom. The van der Waals surface area contributed by atoms with Crippen molar-refractivity contribution >= 4 is 0 Å². The first kappa shape index (κ1) is 14.7. The third-order valence-electron chi connectivity index (χ3n) is 3.04. The standard InChI is InChI=1S/C16H21FN2O/c1-16(2,3)14-9-18-15(20-14)11-19(4)10-12-6-5-7-13(17)8-12/h5-9H,10-11H2,1-4H3. The summed E-state index contributed by atoms with van der Waals surface area (Å²) in [6.45, 7) is 7.53. The number of aromatic nitrogens is 1. The molecule has 0 N–H and O–H groups in total. The number of hydrogen-bond donors (Lipinski definition) is 0. The van der Waals surface area contributed by atoms with E-state index in [0.717, 1.165) is 11.3 Å². The molecule has 2 aromatic rings. The first-order chi connectivity index (χ1) is 9.34. The van der Waals surface area contributed by atoms with Gasteiger partial charge in [-0.2, -0.15) is 0 Å². The fourth-order valence-electron chi connectivity index (χ4n) is 1.96. The molecule has 4 heteroatoms. The SMILES string of the molecule is CN(Cc1cccc(F)c1)Cc1ncc(C(C)(C)C)o1. The maximum Gasteiger partial charge on any atom is 0.208 e. The molecule has 1 heterocycles. The topological polar surface area (TPSA) is 29.3 Å². The summed E-state index contributed by atoms with van der Waals surface area (Å²) in [6.07, 6.45) is 1.78. The summed E-state index contributed by atoms with van der Waals surface area (Å²) in [5, 5.41) is 0. The zero-order valence-corrected chi connectivity index (χ0v) is 12.5. The molecule has 0 aliphatic rings. The lowest BCUT2D eigenvalue weighted by atomic mass is 9.94. The van der Waals surface area contributed by atoms with Gasteiger partial charge >= 0.3 is 0 Å². The van der Waals surface area contributed by atoms with Gasteiger partial charge in [0.2, 0.25) is 5.89 Å². The minimum atomic E-state index is -0.206. The molecule has 0 amide bonds. The van der Waals surface area contributed by atoms with Crippen molar-refractivity contribution in [3.63, 3.8) is 0 Å². The van der Waals surface area contributed by atoms with Crippen molar-refractivity contribution < 1.29 is 8.81 Å². The van der Waals surface area contributed by atoms with Crippen LogP contribution in [-0.4, -0.2) is 16.9 Å². The van der Waals surface area contributed by atoms with Crippen LogP contribution >= 0.6 is 0 Å². The molecule has 0 atom stereocenters. The van der Waals surface area contributed by atoms with Crippen LogP contribution in [0.4, 0.5) is 4.39 Å². The van der Waals surface area contributed by atoms with E-state index in [2.05, 4.69) is 25.8 Å². The Hall–Kier alpha value is -1.68. The van der Waals surface area contributed by atoms with Crippen molar-refractivity contribution in [2.75, 3.05) is 7.05 Å². The molecule has 0 aliphatic heterocycles. The fourth-order valence-corrected chi connectivity index (χ4v) is 1.96. The molecule has 2 rings (SSSR count). The Labute approximate surface area is 119 Å². The van der Waals surface area contributed by atoms with Gasteiger partial charge in [-0.1, -0.05) is 32.9 Å². The Morgan fingerprint density at radius 2 is 2.00 bits per heavy atom. The van der Waals surface area contributed by atoms with Gasteiger partial charge < -0.3 is 4.42 Å². The molecule has 108 valence electrons. The highest BCUT2D eigenvalue weighted by Gasteiger charge is 2.19. The Kier molecular flexibility index (Phi) is 4.23. The number of benzene rings is 1. The summed E-state index contributed by atoms with van der Waals surface area (Å²) in [5.74, 6) is 1.36. The van der Waals surface area contributed by atoms with Crippen molar-refractivity contribution in [2.45, 2.75) is 39.3 Å². The number of hydrogen-bond acceptors (Lipinski definition) is 3. The summed E-state index contributed by atoms with van der Waals surface area (Å²) in [7, 11) is 1.96. The van der Waals surface area contributed by atoms with E-state index >= 15 is 0 Å². The Morgan fingerprint density at radius 3 is 2.60 bits per heavy atom. The highest BCUT2D eigenvalue weighted by molar-refractivity contribution is 5.16. The second kappa shape index (κ2) is 5.75. The lowest BCUT2D eigenvalue weighted by Gasteiger charge is -2.16. The Balaban J connectivity index is 1.98. The third kappa shape index (κ3) is 3.90. The lowest BCUT2D eigenvalue weighted by Crippen LogP contribution is -2.17. The molecule has 0 bridgehead atoms. The first-order valence-electron chi connectivity index (χ1n) is 6.73. The molecule has 1 aromatic carbocycles. The molecule has 0 aliphatic carbocycles. The van der Waals surface area contributed by atoms with Gasteiger partial charge in [0.25, 0.3) is 0 Å². The molecule has 0 radical (unpaired) electrons. The average molecular weight is 276 g/mol. The quantitative estimate of drug-likeness (QED) is 0.852. The van der Waals surface area contributed by atoms with E-state index < -0.39 is 0 Å². The van der Waals surface area contributed by atoms with Crippen LogP contribution in [0.3, 0.4) is 0 Å². The van der Waals surface area contributed by atoms with Crippen molar-refractivity contribution in [3.05, 3.63) is 53.5 Å². The van der Waals surface area contributed by atoms with Crippen molar-refractivity contribution in [1.82, 2.24) is 9.88 Å². The van der Waals surface area contributed by atoms with Crippen molar-refractivity contribution in [3.8, 4) is 0 Å². The van der Waals surface area contributed by atoms with Crippen LogP contribution in [-0.2, 0) is 18.5 Å². The summed E-state index contributed by atoms with van der Waals surface area (Å²) in [4.78, 5) is 6.35. The number of halogens is 1. The number of rotatable bonds is 4. The van der Waals surface area contributed by atoms with E-state index in [1.165, 1.54) is 6.07 Å². The normalized spacial score (nSPS) is 12.1. The summed E-state index contributed by atoms with van der Waals surface area (Å²) >= 11 is 0. The maximum absolute atomic E-state index is 13.1. The molecule has 0 spiro atoms. The highest BCUT2D eigenvalue weighted by atomic mass is 19.1.